The lowest BCUT2D eigenvalue weighted by molar-refractivity contribution is 0.199. The van der Waals surface area contributed by atoms with Crippen LogP contribution in [0.1, 0.15) is 50.7 Å². The Morgan fingerprint density at radius 2 is 1.85 bits per heavy atom. The van der Waals surface area contributed by atoms with Crippen molar-refractivity contribution in [2.45, 2.75) is 46.5 Å². The number of benzene rings is 1. The molecule has 2 rings (SSSR count). The van der Waals surface area contributed by atoms with E-state index in [1.165, 1.54) is 25.7 Å². The number of nitrogens with two attached hydrogens (primary N) is 1. The number of hydrogen-bond donors (Lipinski definition) is 2. The van der Waals surface area contributed by atoms with Gasteiger partial charge in [-0.25, -0.2) is 0 Å². The number of amidine groups is 1. The molecule has 1 aliphatic rings. The lowest BCUT2D eigenvalue weighted by atomic mass is 9.74. The third-order valence-electron chi connectivity index (χ3n) is 5.11. The van der Waals surface area contributed by atoms with Crippen molar-refractivity contribution < 1.29 is 0 Å². The molecule has 1 aromatic carbocycles. The largest absolute Gasteiger partial charge is 0.384 e. The van der Waals surface area contributed by atoms with Crippen molar-refractivity contribution in [2.75, 3.05) is 18.0 Å². The first-order chi connectivity index (χ1) is 9.51. The summed E-state index contributed by atoms with van der Waals surface area (Å²) in [5.74, 6) is 0.173. The van der Waals surface area contributed by atoms with E-state index in [2.05, 4.69) is 30.9 Å². The summed E-state index contributed by atoms with van der Waals surface area (Å²) in [6, 6.07) is 6.26. The second-order valence-corrected chi connectivity index (χ2v) is 6.13. The minimum Gasteiger partial charge on any atom is -0.384 e. The van der Waals surface area contributed by atoms with Gasteiger partial charge in [0.05, 0.1) is 0 Å². The van der Waals surface area contributed by atoms with Crippen LogP contribution >= 0.6 is 0 Å². The molecule has 0 aliphatic carbocycles. The van der Waals surface area contributed by atoms with Crippen molar-refractivity contribution in [3.8, 4) is 0 Å². The average Bonchev–Trinajstić information content (AvgIpc) is 2.47. The van der Waals surface area contributed by atoms with Crippen molar-refractivity contribution in [3.63, 3.8) is 0 Å². The highest BCUT2D eigenvalue weighted by Gasteiger charge is 2.31. The normalized spacial score (nSPS) is 18.1. The molecule has 1 fully saturated rings. The van der Waals surface area contributed by atoms with Gasteiger partial charge >= 0.3 is 0 Å². The van der Waals surface area contributed by atoms with Gasteiger partial charge in [0.1, 0.15) is 5.84 Å². The lowest BCUT2D eigenvalue weighted by Crippen LogP contribution is -2.40. The van der Waals surface area contributed by atoms with Crippen molar-refractivity contribution in [1.29, 1.82) is 5.41 Å². The van der Waals surface area contributed by atoms with E-state index < -0.39 is 0 Å². The van der Waals surface area contributed by atoms with Gasteiger partial charge in [0.2, 0.25) is 0 Å². The van der Waals surface area contributed by atoms with Crippen LogP contribution in [0.15, 0.2) is 18.2 Å². The van der Waals surface area contributed by atoms with Crippen LogP contribution in [-0.4, -0.2) is 18.9 Å². The minimum atomic E-state index is 0.173. The van der Waals surface area contributed by atoms with E-state index in [9.17, 15) is 0 Å². The molecule has 1 aliphatic heterocycles. The maximum absolute atomic E-state index is 7.79. The molecule has 1 aromatic rings. The summed E-state index contributed by atoms with van der Waals surface area (Å²) in [6.45, 7) is 8.82. The van der Waals surface area contributed by atoms with Crippen LogP contribution in [0.5, 0.6) is 0 Å². The molecule has 0 aromatic heterocycles. The summed E-state index contributed by atoms with van der Waals surface area (Å²) in [4.78, 5) is 2.40. The molecule has 3 heteroatoms. The SMILES string of the molecule is CCC1(CC)CCN(c2ccc(C)cc2C(=N)N)CC1. The van der Waals surface area contributed by atoms with E-state index in [1.807, 2.05) is 13.0 Å². The smallest absolute Gasteiger partial charge is 0.124 e. The van der Waals surface area contributed by atoms with Crippen LogP contribution in [0, 0.1) is 17.7 Å². The first-order valence-electron chi connectivity index (χ1n) is 7.71. The predicted octanol–water partition coefficient (Wildman–Crippen LogP) is 3.69. The summed E-state index contributed by atoms with van der Waals surface area (Å²) in [5.41, 5.74) is 9.45. The lowest BCUT2D eigenvalue weighted by Gasteiger charge is -2.42. The summed E-state index contributed by atoms with van der Waals surface area (Å²) in [5, 5.41) is 7.79. The monoisotopic (exact) mass is 273 g/mol. The molecule has 0 saturated carbocycles. The number of hydrogen-bond acceptors (Lipinski definition) is 2. The summed E-state index contributed by atoms with van der Waals surface area (Å²) < 4.78 is 0. The van der Waals surface area contributed by atoms with E-state index in [0.717, 1.165) is 29.9 Å². The van der Waals surface area contributed by atoms with Crippen LogP contribution < -0.4 is 10.6 Å². The highest BCUT2D eigenvalue weighted by Crippen LogP contribution is 2.39. The predicted molar refractivity (Wildman–Crippen MR) is 86.7 cm³/mol. The third kappa shape index (κ3) is 2.82. The number of nitrogen functional groups attached to an aromatic ring is 1. The average molecular weight is 273 g/mol. The molecule has 0 atom stereocenters. The molecule has 1 heterocycles. The Bertz CT molecular complexity index is 479. The maximum Gasteiger partial charge on any atom is 0.124 e. The second-order valence-electron chi connectivity index (χ2n) is 6.13. The van der Waals surface area contributed by atoms with Gasteiger partial charge in [-0.3, -0.25) is 5.41 Å². The van der Waals surface area contributed by atoms with Crippen LogP contribution in [0.3, 0.4) is 0 Å². The molecule has 110 valence electrons. The first kappa shape index (κ1) is 14.9. The van der Waals surface area contributed by atoms with Gasteiger partial charge < -0.3 is 10.6 Å². The maximum atomic E-state index is 7.79. The van der Waals surface area contributed by atoms with Crippen molar-refractivity contribution in [3.05, 3.63) is 29.3 Å². The molecular weight excluding hydrogens is 246 g/mol. The van der Waals surface area contributed by atoms with Crippen LogP contribution in [0.25, 0.3) is 0 Å². The van der Waals surface area contributed by atoms with Crippen LogP contribution in [0.4, 0.5) is 5.69 Å². The molecule has 0 bridgehead atoms. The van der Waals surface area contributed by atoms with Crippen molar-refractivity contribution >= 4 is 11.5 Å². The molecule has 20 heavy (non-hydrogen) atoms. The third-order valence-corrected chi connectivity index (χ3v) is 5.11. The molecule has 3 N–H and O–H groups in total. The number of nitrogens with zero attached hydrogens (tertiary/aromatic N) is 1. The molecule has 3 nitrogen and oxygen atoms in total. The van der Waals surface area contributed by atoms with E-state index in [0.29, 0.717) is 5.41 Å². The molecule has 1 saturated heterocycles. The first-order valence-corrected chi connectivity index (χ1v) is 7.71. The highest BCUT2D eigenvalue weighted by molar-refractivity contribution is 6.00. The van der Waals surface area contributed by atoms with Crippen LogP contribution in [0.2, 0.25) is 0 Å². The number of nitrogens with one attached hydrogen (secondary N) is 1. The van der Waals surface area contributed by atoms with Gasteiger partial charge in [0.25, 0.3) is 0 Å². The quantitative estimate of drug-likeness (QED) is 0.649. The molecular formula is C17H27N3. The summed E-state index contributed by atoms with van der Waals surface area (Å²) in [6.07, 6.45) is 5.02. The fraction of sp³-hybridized carbons (Fsp3) is 0.588. The number of anilines is 1. The Morgan fingerprint density at radius 3 is 2.35 bits per heavy atom. The fourth-order valence-electron chi connectivity index (χ4n) is 3.32. The van der Waals surface area contributed by atoms with E-state index in [4.69, 9.17) is 11.1 Å². The zero-order valence-electron chi connectivity index (χ0n) is 13.0. The Kier molecular flexibility index (Phi) is 4.36. The number of piperidine rings is 1. The van der Waals surface area contributed by atoms with Gasteiger partial charge in [0, 0.05) is 24.3 Å². The Labute approximate surface area is 122 Å². The van der Waals surface area contributed by atoms with Gasteiger partial charge in [-0.1, -0.05) is 38.3 Å². The Balaban J connectivity index is 2.21. The number of rotatable bonds is 4. The zero-order valence-corrected chi connectivity index (χ0v) is 13.0. The molecule has 0 unspecified atom stereocenters. The van der Waals surface area contributed by atoms with E-state index >= 15 is 0 Å². The van der Waals surface area contributed by atoms with Gasteiger partial charge in [0.15, 0.2) is 0 Å². The van der Waals surface area contributed by atoms with Gasteiger partial charge in [-0.05, 0) is 37.3 Å². The summed E-state index contributed by atoms with van der Waals surface area (Å²) in [7, 11) is 0. The Hall–Kier alpha value is -1.51. The standard InChI is InChI=1S/C17H27N3/c1-4-17(5-2)8-10-20(11-9-17)15-7-6-13(3)12-14(15)16(18)19/h6-7,12H,4-5,8-11H2,1-3H3,(H3,18,19). The second kappa shape index (κ2) is 5.86. The Morgan fingerprint density at radius 1 is 1.25 bits per heavy atom. The highest BCUT2D eigenvalue weighted by atomic mass is 15.1. The van der Waals surface area contributed by atoms with Crippen LogP contribution in [-0.2, 0) is 0 Å². The van der Waals surface area contributed by atoms with E-state index in [-0.39, 0.29) is 5.84 Å². The fourth-order valence-corrected chi connectivity index (χ4v) is 3.32. The molecule has 0 spiro atoms. The van der Waals surface area contributed by atoms with Crippen molar-refractivity contribution in [1.82, 2.24) is 0 Å². The molecule has 0 amide bonds. The minimum absolute atomic E-state index is 0.173. The summed E-state index contributed by atoms with van der Waals surface area (Å²) >= 11 is 0. The zero-order chi connectivity index (χ0) is 14.8. The van der Waals surface area contributed by atoms with Gasteiger partial charge in [-0.2, -0.15) is 0 Å². The van der Waals surface area contributed by atoms with Crippen molar-refractivity contribution in [2.24, 2.45) is 11.1 Å². The van der Waals surface area contributed by atoms with Gasteiger partial charge in [-0.15, -0.1) is 0 Å². The van der Waals surface area contributed by atoms with E-state index in [1.54, 1.807) is 0 Å². The topological polar surface area (TPSA) is 53.1 Å². The number of aryl methyl sites for hydroxylation is 1. The molecule has 0 radical (unpaired) electrons.